The molecule has 0 radical (unpaired) electrons. The second-order valence-electron chi connectivity index (χ2n) is 6.36. The van der Waals surface area contributed by atoms with Gasteiger partial charge in [0.15, 0.2) is 0 Å². The van der Waals surface area contributed by atoms with Crippen molar-refractivity contribution in [3.63, 3.8) is 0 Å². The monoisotopic (exact) mass is 267 g/mol. The highest BCUT2D eigenvalue weighted by Gasteiger charge is 2.51. The van der Waals surface area contributed by atoms with Gasteiger partial charge in [-0.2, -0.15) is 0 Å². The Morgan fingerprint density at radius 2 is 2.10 bits per heavy atom. The van der Waals surface area contributed by atoms with Crippen molar-refractivity contribution in [2.45, 2.75) is 18.4 Å². The van der Waals surface area contributed by atoms with Gasteiger partial charge in [-0.3, -0.25) is 0 Å². The summed E-state index contributed by atoms with van der Waals surface area (Å²) in [7, 11) is 2.25. The van der Waals surface area contributed by atoms with Crippen molar-refractivity contribution in [3.05, 3.63) is 59.7 Å². The molecule has 2 heteroatoms. The van der Waals surface area contributed by atoms with E-state index in [-0.39, 0.29) is 11.5 Å². The van der Waals surface area contributed by atoms with Gasteiger partial charge in [0.1, 0.15) is 0 Å². The maximum Gasteiger partial charge on any atom is 0.0865 e. The SMILES string of the molecule is CN1CC(c2ccccc2)C2=CC=CC3OCCC23C1. The number of piperidine rings is 1. The molecule has 4 rings (SSSR count). The lowest BCUT2D eigenvalue weighted by Crippen LogP contribution is -2.50. The van der Waals surface area contributed by atoms with Crippen LogP contribution >= 0.6 is 0 Å². The van der Waals surface area contributed by atoms with Gasteiger partial charge in [0, 0.05) is 31.0 Å². The van der Waals surface area contributed by atoms with Gasteiger partial charge in [-0.25, -0.2) is 0 Å². The molecule has 20 heavy (non-hydrogen) atoms. The fourth-order valence-electron chi connectivity index (χ4n) is 4.29. The molecule has 104 valence electrons. The molecule has 0 bridgehead atoms. The standard InChI is InChI=1S/C18H21NO/c1-19-12-15(14-6-3-2-4-7-14)16-8-5-9-17-18(16,13-19)10-11-20-17/h2-9,15,17H,10-13H2,1H3. The molecular formula is C18H21NO. The molecule has 2 saturated heterocycles. The van der Waals surface area contributed by atoms with Crippen LogP contribution in [0.25, 0.3) is 0 Å². The zero-order chi connectivity index (χ0) is 13.6. The first-order chi connectivity index (χ1) is 9.79. The lowest BCUT2D eigenvalue weighted by atomic mass is 9.63. The Morgan fingerprint density at radius 3 is 2.95 bits per heavy atom. The minimum absolute atomic E-state index is 0.211. The third kappa shape index (κ3) is 1.72. The van der Waals surface area contributed by atoms with E-state index in [0.717, 1.165) is 26.1 Å². The summed E-state index contributed by atoms with van der Waals surface area (Å²) in [6.45, 7) is 3.12. The van der Waals surface area contributed by atoms with Crippen molar-refractivity contribution in [1.82, 2.24) is 4.90 Å². The summed E-state index contributed by atoms with van der Waals surface area (Å²) in [5, 5.41) is 0. The van der Waals surface area contributed by atoms with Gasteiger partial charge in [0.05, 0.1) is 6.10 Å². The first-order valence-corrected chi connectivity index (χ1v) is 7.53. The first kappa shape index (κ1) is 12.4. The van der Waals surface area contributed by atoms with Crippen LogP contribution in [-0.4, -0.2) is 37.7 Å². The molecule has 1 spiro atoms. The van der Waals surface area contributed by atoms with Gasteiger partial charge in [-0.1, -0.05) is 54.1 Å². The van der Waals surface area contributed by atoms with Gasteiger partial charge in [-0.05, 0) is 19.0 Å². The van der Waals surface area contributed by atoms with Crippen molar-refractivity contribution < 1.29 is 4.74 Å². The minimum atomic E-state index is 0.211. The molecule has 0 aromatic heterocycles. The Bertz CT molecular complexity index is 562. The molecule has 1 aliphatic carbocycles. The summed E-state index contributed by atoms with van der Waals surface area (Å²) in [4.78, 5) is 2.48. The van der Waals surface area contributed by atoms with Crippen LogP contribution in [0.1, 0.15) is 17.9 Å². The Morgan fingerprint density at radius 1 is 1.25 bits per heavy atom. The molecule has 3 atom stereocenters. The first-order valence-electron chi connectivity index (χ1n) is 7.53. The van der Waals surface area contributed by atoms with Gasteiger partial charge < -0.3 is 9.64 Å². The summed E-state index contributed by atoms with van der Waals surface area (Å²) >= 11 is 0. The van der Waals surface area contributed by atoms with E-state index in [1.54, 1.807) is 5.57 Å². The molecule has 3 unspecified atom stereocenters. The molecule has 0 amide bonds. The van der Waals surface area contributed by atoms with E-state index < -0.39 is 0 Å². The van der Waals surface area contributed by atoms with Crippen molar-refractivity contribution in [2.75, 3.05) is 26.7 Å². The second kappa shape index (κ2) is 4.57. The summed E-state index contributed by atoms with van der Waals surface area (Å²) < 4.78 is 6.00. The van der Waals surface area contributed by atoms with Gasteiger partial charge in [-0.15, -0.1) is 0 Å². The van der Waals surface area contributed by atoms with E-state index in [0.29, 0.717) is 5.92 Å². The molecule has 0 N–H and O–H groups in total. The number of hydrogen-bond acceptors (Lipinski definition) is 2. The molecule has 1 aromatic rings. The van der Waals surface area contributed by atoms with Crippen LogP contribution in [0, 0.1) is 5.41 Å². The number of nitrogens with zero attached hydrogens (tertiary/aromatic N) is 1. The number of likely N-dealkylation sites (tertiary alicyclic amines) is 1. The Balaban J connectivity index is 1.80. The lowest BCUT2D eigenvalue weighted by molar-refractivity contribution is 0.0633. The highest BCUT2D eigenvalue weighted by atomic mass is 16.5. The van der Waals surface area contributed by atoms with Crippen molar-refractivity contribution in [2.24, 2.45) is 5.41 Å². The number of hydrogen-bond donors (Lipinski definition) is 0. The third-order valence-corrected chi connectivity index (χ3v) is 5.15. The van der Waals surface area contributed by atoms with Gasteiger partial charge in [0.2, 0.25) is 0 Å². The predicted octanol–water partition coefficient (Wildman–Crippen LogP) is 2.99. The Kier molecular flexibility index (Phi) is 2.83. The Labute approximate surface area is 120 Å². The summed E-state index contributed by atoms with van der Waals surface area (Å²) in [5.74, 6) is 0.504. The Hall–Kier alpha value is -1.38. The quantitative estimate of drug-likeness (QED) is 0.775. The van der Waals surface area contributed by atoms with Crippen LogP contribution in [0.5, 0.6) is 0 Å². The number of ether oxygens (including phenoxy) is 1. The van der Waals surface area contributed by atoms with Crippen LogP contribution in [-0.2, 0) is 4.74 Å². The number of likely N-dealkylation sites (N-methyl/N-ethyl adjacent to an activating group) is 1. The van der Waals surface area contributed by atoms with Crippen molar-refractivity contribution in [3.8, 4) is 0 Å². The van der Waals surface area contributed by atoms with Gasteiger partial charge in [0.25, 0.3) is 0 Å². The second-order valence-corrected chi connectivity index (χ2v) is 6.36. The normalized spacial score (nSPS) is 36.4. The molecule has 2 aliphatic heterocycles. The largest absolute Gasteiger partial charge is 0.373 e. The maximum atomic E-state index is 6.00. The molecule has 1 aromatic carbocycles. The van der Waals surface area contributed by atoms with Crippen molar-refractivity contribution in [1.29, 1.82) is 0 Å². The number of allylic oxidation sites excluding steroid dienone is 2. The zero-order valence-corrected chi connectivity index (χ0v) is 12.0. The zero-order valence-electron chi connectivity index (χ0n) is 12.0. The third-order valence-electron chi connectivity index (χ3n) is 5.15. The average molecular weight is 267 g/mol. The van der Waals surface area contributed by atoms with E-state index in [1.807, 2.05) is 0 Å². The van der Waals surface area contributed by atoms with Crippen molar-refractivity contribution >= 4 is 0 Å². The lowest BCUT2D eigenvalue weighted by Gasteiger charge is -2.48. The molecular weight excluding hydrogens is 246 g/mol. The average Bonchev–Trinajstić information content (AvgIpc) is 2.88. The topological polar surface area (TPSA) is 12.5 Å². The highest BCUT2D eigenvalue weighted by Crippen LogP contribution is 2.52. The van der Waals surface area contributed by atoms with Crippen LogP contribution in [0.3, 0.4) is 0 Å². The van der Waals surface area contributed by atoms with E-state index in [9.17, 15) is 0 Å². The molecule has 2 nitrogen and oxygen atoms in total. The van der Waals surface area contributed by atoms with Crippen LogP contribution in [0.4, 0.5) is 0 Å². The van der Waals surface area contributed by atoms with E-state index in [4.69, 9.17) is 4.74 Å². The van der Waals surface area contributed by atoms with Crippen LogP contribution < -0.4 is 0 Å². The predicted molar refractivity (Wildman–Crippen MR) is 80.7 cm³/mol. The van der Waals surface area contributed by atoms with E-state index in [2.05, 4.69) is 60.5 Å². The fourth-order valence-corrected chi connectivity index (χ4v) is 4.29. The molecule has 3 aliphatic rings. The van der Waals surface area contributed by atoms with E-state index in [1.165, 1.54) is 5.56 Å². The summed E-state index contributed by atoms with van der Waals surface area (Å²) in [6, 6.07) is 10.9. The number of rotatable bonds is 1. The smallest absolute Gasteiger partial charge is 0.0865 e. The molecule has 2 heterocycles. The fraction of sp³-hybridized carbons (Fsp3) is 0.444. The van der Waals surface area contributed by atoms with Crippen LogP contribution in [0.2, 0.25) is 0 Å². The van der Waals surface area contributed by atoms with Gasteiger partial charge >= 0.3 is 0 Å². The summed E-state index contributed by atoms with van der Waals surface area (Å²) in [6.07, 6.45) is 8.23. The summed E-state index contributed by atoms with van der Waals surface area (Å²) in [5.41, 5.74) is 3.24. The van der Waals surface area contributed by atoms with E-state index >= 15 is 0 Å². The van der Waals surface area contributed by atoms with Crippen LogP contribution in [0.15, 0.2) is 54.1 Å². The minimum Gasteiger partial charge on any atom is -0.373 e. The highest BCUT2D eigenvalue weighted by molar-refractivity contribution is 5.42. The molecule has 0 saturated carbocycles. The molecule has 2 fully saturated rings. The number of benzene rings is 1. The maximum absolute atomic E-state index is 6.00.